The molecule has 2 aromatic rings. The van der Waals surface area contributed by atoms with Gasteiger partial charge in [-0.05, 0) is 24.3 Å². The molecular formula is C22H28N2O2. The molecule has 4 nitrogen and oxygen atoms in total. The molecule has 0 atom stereocenters. The first-order chi connectivity index (χ1) is 12.8. The molecule has 0 spiro atoms. The number of nitrogens with zero attached hydrogens (tertiary/aromatic N) is 2. The first kappa shape index (κ1) is 17.3. The van der Waals surface area contributed by atoms with Gasteiger partial charge in [0, 0.05) is 37.6 Å². The molecule has 1 aliphatic heterocycles. The summed E-state index contributed by atoms with van der Waals surface area (Å²) in [6, 6.07) is 14.8. The van der Waals surface area contributed by atoms with Crippen molar-refractivity contribution < 1.29 is 9.53 Å². The molecule has 1 saturated carbocycles. The van der Waals surface area contributed by atoms with Crippen LogP contribution in [0.25, 0.3) is 10.8 Å². The predicted molar refractivity (Wildman–Crippen MR) is 104 cm³/mol. The third-order valence-corrected chi connectivity index (χ3v) is 5.86. The largest absolute Gasteiger partial charge is 0.483 e. The zero-order valence-corrected chi connectivity index (χ0v) is 15.4. The van der Waals surface area contributed by atoms with E-state index in [0.29, 0.717) is 0 Å². The number of carbonyl (C=O) groups excluding carboxylic acids is 1. The summed E-state index contributed by atoms with van der Waals surface area (Å²) in [5, 5.41) is 2.20. The van der Waals surface area contributed by atoms with Crippen LogP contribution < -0.4 is 4.74 Å². The van der Waals surface area contributed by atoms with E-state index in [1.54, 1.807) is 0 Å². The van der Waals surface area contributed by atoms with Gasteiger partial charge in [0.05, 0.1) is 0 Å². The molecular weight excluding hydrogens is 324 g/mol. The van der Waals surface area contributed by atoms with Crippen LogP contribution in [0, 0.1) is 0 Å². The minimum Gasteiger partial charge on any atom is -0.483 e. The van der Waals surface area contributed by atoms with Gasteiger partial charge in [0.15, 0.2) is 6.61 Å². The average Bonchev–Trinajstić information content (AvgIpc) is 2.73. The highest BCUT2D eigenvalue weighted by molar-refractivity contribution is 5.88. The van der Waals surface area contributed by atoms with E-state index in [0.717, 1.165) is 48.7 Å². The van der Waals surface area contributed by atoms with Gasteiger partial charge >= 0.3 is 0 Å². The highest BCUT2D eigenvalue weighted by Gasteiger charge is 2.27. The lowest BCUT2D eigenvalue weighted by molar-refractivity contribution is -0.135. The summed E-state index contributed by atoms with van der Waals surface area (Å²) < 4.78 is 5.87. The van der Waals surface area contributed by atoms with E-state index in [1.807, 2.05) is 35.2 Å². The third-order valence-electron chi connectivity index (χ3n) is 5.86. The van der Waals surface area contributed by atoms with Gasteiger partial charge in [-0.15, -0.1) is 0 Å². The van der Waals surface area contributed by atoms with Gasteiger partial charge in [-0.3, -0.25) is 9.69 Å². The van der Waals surface area contributed by atoms with Crippen LogP contribution in [0.3, 0.4) is 0 Å². The van der Waals surface area contributed by atoms with E-state index in [-0.39, 0.29) is 12.5 Å². The minimum absolute atomic E-state index is 0.0984. The van der Waals surface area contributed by atoms with E-state index in [4.69, 9.17) is 4.74 Å². The molecule has 0 bridgehead atoms. The summed E-state index contributed by atoms with van der Waals surface area (Å²) in [4.78, 5) is 17.1. The fraction of sp³-hybridized carbons (Fsp3) is 0.500. The number of ether oxygens (including phenoxy) is 1. The molecule has 2 fully saturated rings. The van der Waals surface area contributed by atoms with Crippen LogP contribution in [-0.4, -0.2) is 54.5 Å². The molecule has 2 aliphatic rings. The Bertz CT molecular complexity index is 741. The van der Waals surface area contributed by atoms with Crippen molar-refractivity contribution in [2.75, 3.05) is 32.8 Å². The Morgan fingerprint density at radius 2 is 1.65 bits per heavy atom. The zero-order chi connectivity index (χ0) is 17.8. The normalized spacial score (nSPS) is 19.6. The summed E-state index contributed by atoms with van der Waals surface area (Å²) in [6.07, 6.45) is 6.78. The molecule has 1 aliphatic carbocycles. The summed E-state index contributed by atoms with van der Waals surface area (Å²) in [7, 11) is 0. The van der Waals surface area contributed by atoms with Crippen LogP contribution in [0.1, 0.15) is 32.1 Å². The topological polar surface area (TPSA) is 32.8 Å². The van der Waals surface area contributed by atoms with Gasteiger partial charge in [-0.1, -0.05) is 55.7 Å². The molecule has 4 heteroatoms. The number of carbonyl (C=O) groups is 1. The molecule has 0 unspecified atom stereocenters. The number of amides is 1. The second-order valence-electron chi connectivity index (χ2n) is 7.47. The average molecular weight is 352 g/mol. The van der Waals surface area contributed by atoms with Crippen molar-refractivity contribution >= 4 is 16.7 Å². The first-order valence-electron chi connectivity index (χ1n) is 9.94. The maximum atomic E-state index is 12.6. The van der Waals surface area contributed by atoms with Crippen molar-refractivity contribution in [3.8, 4) is 5.75 Å². The van der Waals surface area contributed by atoms with E-state index < -0.39 is 0 Å². The standard InChI is InChI=1S/C22H28N2O2/c25-22(17-26-21-12-6-8-18-7-4-5-11-20(18)21)24-15-13-23(14-16-24)19-9-2-1-3-10-19/h4-8,11-12,19H,1-3,9-10,13-17H2. The van der Waals surface area contributed by atoms with Gasteiger partial charge < -0.3 is 9.64 Å². The highest BCUT2D eigenvalue weighted by Crippen LogP contribution is 2.26. The molecule has 0 radical (unpaired) electrons. The summed E-state index contributed by atoms with van der Waals surface area (Å²) in [5.41, 5.74) is 0. The maximum Gasteiger partial charge on any atom is 0.260 e. The van der Waals surface area contributed by atoms with Crippen LogP contribution >= 0.6 is 0 Å². The van der Waals surface area contributed by atoms with Gasteiger partial charge in [-0.25, -0.2) is 0 Å². The molecule has 0 N–H and O–H groups in total. The fourth-order valence-electron chi connectivity index (χ4n) is 4.33. The van der Waals surface area contributed by atoms with E-state index >= 15 is 0 Å². The molecule has 4 rings (SSSR count). The number of hydrogen-bond donors (Lipinski definition) is 0. The fourth-order valence-corrected chi connectivity index (χ4v) is 4.33. The number of hydrogen-bond acceptors (Lipinski definition) is 3. The highest BCUT2D eigenvalue weighted by atomic mass is 16.5. The van der Waals surface area contributed by atoms with Crippen LogP contribution in [0.4, 0.5) is 0 Å². The number of piperazine rings is 1. The molecule has 138 valence electrons. The molecule has 0 aromatic heterocycles. The molecule has 1 amide bonds. The lowest BCUT2D eigenvalue weighted by atomic mass is 9.94. The van der Waals surface area contributed by atoms with Gasteiger partial charge in [0.25, 0.3) is 5.91 Å². The lowest BCUT2D eigenvalue weighted by Crippen LogP contribution is -2.53. The molecule has 1 heterocycles. The zero-order valence-electron chi connectivity index (χ0n) is 15.4. The number of benzene rings is 2. The molecule has 2 aromatic carbocycles. The van der Waals surface area contributed by atoms with E-state index in [1.165, 1.54) is 32.1 Å². The molecule has 26 heavy (non-hydrogen) atoms. The Labute approximate surface area is 155 Å². The minimum atomic E-state index is 0.0984. The summed E-state index contributed by atoms with van der Waals surface area (Å²) in [5.74, 6) is 0.888. The van der Waals surface area contributed by atoms with Crippen molar-refractivity contribution in [2.45, 2.75) is 38.1 Å². The predicted octanol–water partition coefficient (Wildman–Crippen LogP) is 3.70. The Morgan fingerprint density at radius 1 is 0.923 bits per heavy atom. The lowest BCUT2D eigenvalue weighted by Gasteiger charge is -2.40. The van der Waals surface area contributed by atoms with Crippen LogP contribution in [0.15, 0.2) is 42.5 Å². The van der Waals surface area contributed by atoms with Crippen molar-refractivity contribution in [3.63, 3.8) is 0 Å². The SMILES string of the molecule is O=C(COc1cccc2ccccc12)N1CCN(C2CCCCC2)CC1. The quantitative estimate of drug-likeness (QED) is 0.841. The second kappa shape index (κ2) is 8.09. The van der Waals surface area contributed by atoms with Gasteiger partial charge in [0.1, 0.15) is 5.75 Å². The Balaban J connectivity index is 1.30. The van der Waals surface area contributed by atoms with E-state index in [2.05, 4.69) is 17.0 Å². The van der Waals surface area contributed by atoms with Crippen LogP contribution in [-0.2, 0) is 4.79 Å². The number of rotatable bonds is 4. The summed E-state index contributed by atoms with van der Waals surface area (Å²) in [6.45, 7) is 3.79. The number of fused-ring (bicyclic) bond motifs is 1. The molecule has 1 saturated heterocycles. The van der Waals surface area contributed by atoms with Crippen LogP contribution in [0.2, 0.25) is 0 Å². The van der Waals surface area contributed by atoms with Gasteiger partial charge in [-0.2, -0.15) is 0 Å². The van der Waals surface area contributed by atoms with E-state index in [9.17, 15) is 4.79 Å². The van der Waals surface area contributed by atoms with Crippen LogP contribution in [0.5, 0.6) is 5.75 Å². The van der Waals surface area contributed by atoms with Crippen molar-refractivity contribution in [3.05, 3.63) is 42.5 Å². The van der Waals surface area contributed by atoms with Crippen molar-refractivity contribution in [1.29, 1.82) is 0 Å². The van der Waals surface area contributed by atoms with Gasteiger partial charge in [0.2, 0.25) is 0 Å². The second-order valence-corrected chi connectivity index (χ2v) is 7.47. The van der Waals surface area contributed by atoms with Crippen molar-refractivity contribution in [2.24, 2.45) is 0 Å². The Kier molecular flexibility index (Phi) is 5.40. The smallest absolute Gasteiger partial charge is 0.260 e. The maximum absolute atomic E-state index is 12.6. The third kappa shape index (κ3) is 3.85. The Hall–Kier alpha value is -2.07. The van der Waals surface area contributed by atoms with Crippen molar-refractivity contribution in [1.82, 2.24) is 9.80 Å². The monoisotopic (exact) mass is 352 g/mol. The first-order valence-corrected chi connectivity index (χ1v) is 9.94. The Morgan fingerprint density at radius 3 is 2.46 bits per heavy atom. The summed E-state index contributed by atoms with van der Waals surface area (Å²) >= 11 is 0.